The van der Waals surface area contributed by atoms with Gasteiger partial charge in [-0.3, -0.25) is 14.9 Å². The van der Waals surface area contributed by atoms with Gasteiger partial charge in [-0.25, -0.2) is 0 Å². The maximum absolute atomic E-state index is 13.0. The van der Waals surface area contributed by atoms with Gasteiger partial charge in [-0.2, -0.15) is 5.10 Å². The van der Waals surface area contributed by atoms with Crippen molar-refractivity contribution in [3.05, 3.63) is 72.1 Å². The molecular formula is C28H27N5O2. The molecule has 0 radical (unpaired) electrons. The molecule has 3 heterocycles. The fraction of sp³-hybridized carbons (Fsp3) is 0.250. The minimum Gasteiger partial charge on any atom is -0.454 e. The number of amides is 1. The van der Waals surface area contributed by atoms with Gasteiger partial charge >= 0.3 is 0 Å². The van der Waals surface area contributed by atoms with Crippen LogP contribution in [0, 0.1) is 6.92 Å². The quantitative estimate of drug-likeness (QED) is 0.332. The van der Waals surface area contributed by atoms with Crippen LogP contribution in [0.3, 0.4) is 0 Å². The first-order chi connectivity index (χ1) is 17.1. The number of carbonyl (C=O) groups is 1. The highest BCUT2D eigenvalue weighted by atomic mass is 16.3. The predicted octanol–water partition coefficient (Wildman–Crippen LogP) is 5.35. The van der Waals surface area contributed by atoms with Gasteiger partial charge in [-0.05, 0) is 61.2 Å². The fourth-order valence-corrected chi connectivity index (χ4v) is 5.08. The van der Waals surface area contributed by atoms with Crippen LogP contribution in [-0.4, -0.2) is 33.2 Å². The Hall–Kier alpha value is -3.97. The summed E-state index contributed by atoms with van der Waals surface area (Å²) in [5.41, 5.74) is 13.2. The van der Waals surface area contributed by atoms with Crippen LogP contribution in [0.25, 0.3) is 44.5 Å². The van der Waals surface area contributed by atoms with Gasteiger partial charge in [0, 0.05) is 46.4 Å². The molecule has 0 aliphatic heterocycles. The Morgan fingerprint density at radius 2 is 2.00 bits per heavy atom. The van der Waals surface area contributed by atoms with E-state index in [9.17, 15) is 4.79 Å². The van der Waals surface area contributed by atoms with E-state index in [4.69, 9.17) is 10.2 Å². The number of H-pyrrole nitrogens is 1. The third-order valence-corrected chi connectivity index (χ3v) is 7.03. The molecule has 2 atom stereocenters. The van der Waals surface area contributed by atoms with Crippen molar-refractivity contribution in [3.8, 4) is 22.5 Å². The average molecular weight is 466 g/mol. The highest BCUT2D eigenvalue weighted by molar-refractivity contribution is 5.98. The molecule has 1 aliphatic carbocycles. The van der Waals surface area contributed by atoms with Crippen molar-refractivity contribution in [1.82, 2.24) is 20.5 Å². The second kappa shape index (κ2) is 8.67. The van der Waals surface area contributed by atoms with E-state index in [1.807, 2.05) is 36.4 Å². The first-order valence-electron chi connectivity index (χ1n) is 12.1. The summed E-state index contributed by atoms with van der Waals surface area (Å²) in [5.74, 6) is 0.657. The van der Waals surface area contributed by atoms with Crippen LogP contribution >= 0.6 is 0 Å². The summed E-state index contributed by atoms with van der Waals surface area (Å²) >= 11 is 0. The molecule has 6 rings (SSSR count). The van der Waals surface area contributed by atoms with Crippen LogP contribution in [0.4, 0.5) is 0 Å². The molecule has 3 aromatic heterocycles. The van der Waals surface area contributed by atoms with Crippen molar-refractivity contribution >= 4 is 27.9 Å². The number of fused-ring (bicyclic) bond motifs is 2. The first-order valence-corrected chi connectivity index (χ1v) is 12.1. The van der Waals surface area contributed by atoms with Crippen LogP contribution < -0.4 is 11.1 Å². The van der Waals surface area contributed by atoms with Gasteiger partial charge < -0.3 is 15.5 Å². The lowest BCUT2D eigenvalue weighted by atomic mass is 9.91. The van der Waals surface area contributed by atoms with Gasteiger partial charge in [-0.15, -0.1) is 0 Å². The molecule has 7 nitrogen and oxygen atoms in total. The second-order valence-electron chi connectivity index (χ2n) is 9.42. The number of rotatable bonds is 4. The number of carbonyl (C=O) groups excluding carboxylic acids is 1. The van der Waals surface area contributed by atoms with Crippen LogP contribution in [0.2, 0.25) is 0 Å². The number of nitrogens with two attached hydrogens (primary N) is 1. The standard InChI is InChI=1S/C28H27N5O2/c1-16-11-24-19(15-31-33-24)13-21(16)26-14-25-27(35-26)20(9-10-30-25)17-5-4-6-18(12-17)28(34)32-23-8-3-2-7-22(23)29/h4-6,9-15,22-23H,2-3,7-8,29H2,1H3,(H,31,33)(H,32,34). The van der Waals surface area contributed by atoms with E-state index in [1.54, 1.807) is 12.4 Å². The van der Waals surface area contributed by atoms with E-state index in [1.165, 1.54) is 0 Å². The Labute approximate surface area is 202 Å². The molecule has 1 amide bonds. The number of aromatic amines is 1. The molecule has 0 bridgehead atoms. The number of hydrogen-bond acceptors (Lipinski definition) is 5. The van der Waals surface area contributed by atoms with Gasteiger partial charge in [0.25, 0.3) is 5.91 Å². The van der Waals surface area contributed by atoms with E-state index in [2.05, 4.69) is 39.6 Å². The van der Waals surface area contributed by atoms with E-state index < -0.39 is 0 Å². The molecule has 5 aromatic rings. The van der Waals surface area contributed by atoms with Crippen molar-refractivity contribution in [2.45, 2.75) is 44.7 Å². The predicted molar refractivity (Wildman–Crippen MR) is 137 cm³/mol. The highest BCUT2D eigenvalue weighted by Gasteiger charge is 2.24. The molecule has 7 heteroatoms. The molecule has 1 saturated carbocycles. The lowest BCUT2D eigenvalue weighted by molar-refractivity contribution is 0.0921. The lowest BCUT2D eigenvalue weighted by Gasteiger charge is -2.29. The topological polar surface area (TPSA) is 110 Å². The Morgan fingerprint density at radius 1 is 1.11 bits per heavy atom. The van der Waals surface area contributed by atoms with Crippen LogP contribution in [0.5, 0.6) is 0 Å². The van der Waals surface area contributed by atoms with E-state index in [-0.39, 0.29) is 18.0 Å². The van der Waals surface area contributed by atoms with E-state index in [0.717, 1.165) is 70.1 Å². The Kier molecular flexibility index (Phi) is 5.34. The van der Waals surface area contributed by atoms with Crippen molar-refractivity contribution in [2.24, 2.45) is 5.73 Å². The maximum Gasteiger partial charge on any atom is 0.251 e. The Balaban J connectivity index is 1.35. The number of furan rings is 1. The summed E-state index contributed by atoms with van der Waals surface area (Å²) in [7, 11) is 0. The molecule has 1 fully saturated rings. The maximum atomic E-state index is 13.0. The summed E-state index contributed by atoms with van der Waals surface area (Å²) in [6.07, 6.45) is 7.69. The lowest BCUT2D eigenvalue weighted by Crippen LogP contribution is -2.49. The molecule has 2 unspecified atom stereocenters. The van der Waals surface area contributed by atoms with Gasteiger partial charge in [-0.1, -0.05) is 25.0 Å². The van der Waals surface area contributed by atoms with Gasteiger partial charge in [0.1, 0.15) is 11.3 Å². The van der Waals surface area contributed by atoms with E-state index in [0.29, 0.717) is 11.1 Å². The van der Waals surface area contributed by atoms with E-state index >= 15 is 0 Å². The third kappa shape index (κ3) is 3.98. The number of nitrogens with one attached hydrogen (secondary N) is 2. The zero-order valence-electron chi connectivity index (χ0n) is 19.5. The van der Waals surface area contributed by atoms with Crippen molar-refractivity contribution < 1.29 is 9.21 Å². The number of nitrogens with zero attached hydrogens (tertiary/aromatic N) is 2. The minimum absolute atomic E-state index is 0.0157. The fourth-order valence-electron chi connectivity index (χ4n) is 5.08. The zero-order valence-corrected chi connectivity index (χ0v) is 19.5. The number of aromatic nitrogens is 3. The number of hydrogen-bond donors (Lipinski definition) is 3. The molecule has 2 aromatic carbocycles. The highest BCUT2D eigenvalue weighted by Crippen LogP contribution is 2.36. The molecule has 4 N–H and O–H groups in total. The number of pyridine rings is 1. The van der Waals surface area contributed by atoms with Crippen LogP contribution in [-0.2, 0) is 0 Å². The number of aryl methyl sites for hydroxylation is 1. The number of benzene rings is 2. The molecular weight excluding hydrogens is 438 g/mol. The molecule has 176 valence electrons. The monoisotopic (exact) mass is 465 g/mol. The summed E-state index contributed by atoms with van der Waals surface area (Å²) in [6, 6.07) is 15.7. The summed E-state index contributed by atoms with van der Waals surface area (Å²) in [4.78, 5) is 17.5. The minimum atomic E-state index is -0.0938. The normalized spacial score (nSPS) is 18.2. The van der Waals surface area contributed by atoms with Crippen LogP contribution in [0.1, 0.15) is 41.6 Å². The van der Waals surface area contributed by atoms with Gasteiger partial charge in [0.15, 0.2) is 5.58 Å². The van der Waals surface area contributed by atoms with Crippen molar-refractivity contribution in [3.63, 3.8) is 0 Å². The summed E-state index contributed by atoms with van der Waals surface area (Å²) < 4.78 is 6.37. The molecule has 1 aliphatic rings. The summed E-state index contributed by atoms with van der Waals surface area (Å²) in [6.45, 7) is 2.05. The molecule has 35 heavy (non-hydrogen) atoms. The smallest absolute Gasteiger partial charge is 0.251 e. The van der Waals surface area contributed by atoms with Crippen LogP contribution in [0.15, 0.2) is 65.3 Å². The molecule has 0 spiro atoms. The summed E-state index contributed by atoms with van der Waals surface area (Å²) in [5, 5.41) is 11.3. The zero-order chi connectivity index (χ0) is 23.9. The first kappa shape index (κ1) is 21.6. The van der Waals surface area contributed by atoms with Gasteiger partial charge in [0.2, 0.25) is 0 Å². The van der Waals surface area contributed by atoms with Crippen molar-refractivity contribution in [2.75, 3.05) is 0 Å². The third-order valence-electron chi connectivity index (χ3n) is 7.03. The SMILES string of the molecule is Cc1cc2[nH]ncc2cc1-c1cc2nccc(-c3cccc(C(=O)NC4CCCCC4N)c3)c2o1. The van der Waals surface area contributed by atoms with Crippen molar-refractivity contribution in [1.29, 1.82) is 0 Å². The average Bonchev–Trinajstić information content (AvgIpc) is 3.51. The Bertz CT molecular complexity index is 1550. The largest absolute Gasteiger partial charge is 0.454 e. The second-order valence-corrected chi connectivity index (χ2v) is 9.42. The Morgan fingerprint density at radius 3 is 2.89 bits per heavy atom. The van der Waals surface area contributed by atoms with Gasteiger partial charge in [0.05, 0.1) is 11.7 Å². The molecule has 0 saturated heterocycles.